The van der Waals surface area contributed by atoms with E-state index in [0.717, 1.165) is 26.1 Å². The smallest absolute Gasteiger partial charge is 0.0625 e. The molecule has 0 aromatic heterocycles. The number of piperidine rings is 1. The zero-order chi connectivity index (χ0) is 7.84. The van der Waals surface area contributed by atoms with Gasteiger partial charge in [-0.3, -0.25) is 4.90 Å². The summed E-state index contributed by atoms with van der Waals surface area (Å²) in [5.41, 5.74) is 1.40. The molecule has 2 saturated heterocycles. The molecular formula is C9H15NO. The molecule has 0 aromatic carbocycles. The van der Waals surface area contributed by atoms with Gasteiger partial charge in [0.2, 0.25) is 0 Å². The van der Waals surface area contributed by atoms with Crippen molar-refractivity contribution in [3.05, 3.63) is 12.2 Å². The maximum absolute atomic E-state index is 5.47. The summed E-state index contributed by atoms with van der Waals surface area (Å²) in [7, 11) is 2.20. The number of morpholine rings is 1. The number of hydrogen-bond acceptors (Lipinski definition) is 2. The van der Waals surface area contributed by atoms with Crippen LogP contribution in [0.25, 0.3) is 0 Å². The molecule has 0 aromatic rings. The van der Waals surface area contributed by atoms with Gasteiger partial charge in [-0.15, -0.1) is 0 Å². The normalized spacial score (nSPS) is 39.2. The zero-order valence-electron chi connectivity index (χ0n) is 7.05. The molecule has 2 heterocycles. The number of likely N-dealkylation sites (N-methyl/N-ethyl adjacent to an activating group) is 1. The first kappa shape index (κ1) is 7.32. The minimum absolute atomic E-state index is 0.606. The molecule has 2 rings (SSSR count). The average Bonchev–Trinajstić information content (AvgIpc) is 1.92. The highest BCUT2D eigenvalue weighted by Crippen LogP contribution is 2.28. The van der Waals surface area contributed by atoms with Gasteiger partial charge < -0.3 is 4.74 Å². The quantitative estimate of drug-likeness (QED) is 0.482. The third kappa shape index (κ3) is 1.21. The van der Waals surface area contributed by atoms with E-state index in [2.05, 4.69) is 18.5 Å². The Labute approximate surface area is 67.8 Å². The van der Waals surface area contributed by atoms with E-state index in [-0.39, 0.29) is 0 Å². The summed E-state index contributed by atoms with van der Waals surface area (Å²) >= 11 is 0. The van der Waals surface area contributed by atoms with E-state index in [1.165, 1.54) is 5.57 Å². The summed E-state index contributed by atoms with van der Waals surface area (Å²) in [5.74, 6) is 0. The molecule has 2 atom stereocenters. The van der Waals surface area contributed by atoms with Crippen LogP contribution in [0, 0.1) is 0 Å². The van der Waals surface area contributed by atoms with E-state index >= 15 is 0 Å². The lowest BCUT2D eigenvalue weighted by Crippen LogP contribution is -2.53. The van der Waals surface area contributed by atoms with Crippen molar-refractivity contribution < 1.29 is 4.74 Å². The van der Waals surface area contributed by atoms with Gasteiger partial charge in [0.25, 0.3) is 0 Å². The van der Waals surface area contributed by atoms with Gasteiger partial charge in [-0.05, 0) is 19.9 Å². The number of hydrogen-bond donors (Lipinski definition) is 0. The van der Waals surface area contributed by atoms with Crippen molar-refractivity contribution >= 4 is 0 Å². The van der Waals surface area contributed by atoms with Gasteiger partial charge in [0.1, 0.15) is 0 Å². The van der Waals surface area contributed by atoms with E-state index in [1.54, 1.807) is 0 Å². The van der Waals surface area contributed by atoms with Crippen LogP contribution in [-0.2, 0) is 4.74 Å². The van der Waals surface area contributed by atoms with Crippen LogP contribution in [0.3, 0.4) is 0 Å². The van der Waals surface area contributed by atoms with Crippen LogP contribution in [0.4, 0.5) is 0 Å². The van der Waals surface area contributed by atoms with Gasteiger partial charge in [-0.25, -0.2) is 0 Å². The monoisotopic (exact) mass is 153 g/mol. The second-order valence-electron chi connectivity index (χ2n) is 3.67. The summed E-state index contributed by atoms with van der Waals surface area (Å²) < 4.78 is 5.47. The molecule has 2 unspecified atom stereocenters. The SMILES string of the molecule is C=C1CC2COCC(C1)N2C. The minimum Gasteiger partial charge on any atom is -0.378 e. The Kier molecular flexibility index (Phi) is 1.74. The maximum atomic E-state index is 5.47. The van der Waals surface area contributed by atoms with Gasteiger partial charge >= 0.3 is 0 Å². The first-order valence-electron chi connectivity index (χ1n) is 4.23. The fourth-order valence-corrected chi connectivity index (χ4v) is 2.03. The van der Waals surface area contributed by atoms with Crippen molar-refractivity contribution in [2.75, 3.05) is 20.3 Å². The molecule has 2 bridgehead atoms. The Morgan fingerprint density at radius 1 is 1.36 bits per heavy atom. The summed E-state index contributed by atoms with van der Waals surface area (Å²) in [6, 6.07) is 1.21. The van der Waals surface area contributed by atoms with E-state index in [9.17, 15) is 0 Å². The predicted molar refractivity (Wildman–Crippen MR) is 44.5 cm³/mol. The van der Waals surface area contributed by atoms with Crippen molar-refractivity contribution in [3.8, 4) is 0 Å². The van der Waals surface area contributed by atoms with Crippen molar-refractivity contribution in [2.45, 2.75) is 24.9 Å². The molecule has 2 heteroatoms. The molecule has 11 heavy (non-hydrogen) atoms. The molecule has 2 nitrogen and oxygen atoms in total. The fraction of sp³-hybridized carbons (Fsp3) is 0.778. The molecule has 2 aliphatic heterocycles. The average molecular weight is 153 g/mol. The van der Waals surface area contributed by atoms with E-state index in [0.29, 0.717) is 12.1 Å². The standard InChI is InChI=1S/C9H15NO/c1-7-3-8-5-11-6-9(4-7)10(8)2/h8-9H,1,3-6H2,2H3. The lowest BCUT2D eigenvalue weighted by atomic mass is 9.91. The van der Waals surface area contributed by atoms with Crippen LogP contribution in [0.15, 0.2) is 12.2 Å². The van der Waals surface area contributed by atoms with Gasteiger partial charge in [0.05, 0.1) is 13.2 Å². The first-order chi connectivity index (χ1) is 5.27. The molecule has 0 aliphatic carbocycles. The molecule has 0 N–H and O–H groups in total. The molecule has 62 valence electrons. The Morgan fingerprint density at radius 2 is 1.91 bits per heavy atom. The predicted octanol–water partition coefficient (Wildman–Crippen LogP) is 1.04. The molecular weight excluding hydrogens is 138 g/mol. The van der Waals surface area contributed by atoms with Crippen molar-refractivity contribution in [1.82, 2.24) is 4.90 Å². The minimum atomic E-state index is 0.606. The van der Waals surface area contributed by atoms with Gasteiger partial charge in [-0.2, -0.15) is 0 Å². The highest BCUT2D eigenvalue weighted by atomic mass is 16.5. The number of ether oxygens (including phenoxy) is 1. The van der Waals surface area contributed by atoms with Crippen LogP contribution < -0.4 is 0 Å². The van der Waals surface area contributed by atoms with Crippen LogP contribution in [-0.4, -0.2) is 37.2 Å². The second-order valence-corrected chi connectivity index (χ2v) is 3.67. The zero-order valence-corrected chi connectivity index (χ0v) is 7.05. The van der Waals surface area contributed by atoms with Crippen molar-refractivity contribution in [1.29, 1.82) is 0 Å². The van der Waals surface area contributed by atoms with Crippen LogP contribution in [0.1, 0.15) is 12.8 Å². The number of fused-ring (bicyclic) bond motifs is 2. The third-order valence-electron chi connectivity index (χ3n) is 2.82. The van der Waals surface area contributed by atoms with Crippen LogP contribution >= 0.6 is 0 Å². The Hall–Kier alpha value is -0.340. The lowest BCUT2D eigenvalue weighted by Gasteiger charge is -2.44. The van der Waals surface area contributed by atoms with Gasteiger partial charge in [0.15, 0.2) is 0 Å². The molecule has 2 fully saturated rings. The largest absolute Gasteiger partial charge is 0.378 e. The highest BCUT2D eigenvalue weighted by Gasteiger charge is 2.32. The van der Waals surface area contributed by atoms with E-state index in [1.807, 2.05) is 0 Å². The van der Waals surface area contributed by atoms with Crippen molar-refractivity contribution in [2.24, 2.45) is 0 Å². The van der Waals surface area contributed by atoms with Gasteiger partial charge in [0, 0.05) is 12.1 Å². The Morgan fingerprint density at radius 3 is 2.45 bits per heavy atom. The highest BCUT2D eigenvalue weighted by molar-refractivity contribution is 5.07. The maximum Gasteiger partial charge on any atom is 0.0625 e. The summed E-state index contributed by atoms with van der Waals surface area (Å²) in [4.78, 5) is 2.44. The molecule has 0 saturated carbocycles. The van der Waals surface area contributed by atoms with Crippen LogP contribution in [0.5, 0.6) is 0 Å². The third-order valence-corrected chi connectivity index (χ3v) is 2.82. The second kappa shape index (κ2) is 2.61. The van der Waals surface area contributed by atoms with Gasteiger partial charge in [-0.1, -0.05) is 12.2 Å². The Bertz CT molecular complexity index is 162. The molecule has 0 amide bonds. The summed E-state index contributed by atoms with van der Waals surface area (Å²) in [6.07, 6.45) is 2.26. The summed E-state index contributed by atoms with van der Waals surface area (Å²) in [6.45, 7) is 5.84. The molecule has 0 spiro atoms. The van der Waals surface area contributed by atoms with E-state index in [4.69, 9.17) is 4.74 Å². The number of nitrogens with zero attached hydrogens (tertiary/aromatic N) is 1. The fourth-order valence-electron chi connectivity index (χ4n) is 2.03. The Balaban J connectivity index is 2.12. The number of rotatable bonds is 0. The first-order valence-corrected chi connectivity index (χ1v) is 4.23. The molecule has 2 aliphatic rings. The van der Waals surface area contributed by atoms with Crippen molar-refractivity contribution in [3.63, 3.8) is 0 Å². The summed E-state index contributed by atoms with van der Waals surface area (Å²) in [5, 5.41) is 0. The topological polar surface area (TPSA) is 12.5 Å². The van der Waals surface area contributed by atoms with Crippen LogP contribution in [0.2, 0.25) is 0 Å². The lowest BCUT2D eigenvalue weighted by molar-refractivity contribution is -0.0474. The molecule has 0 radical (unpaired) electrons. The van der Waals surface area contributed by atoms with E-state index < -0.39 is 0 Å².